The van der Waals surface area contributed by atoms with Crippen molar-refractivity contribution in [2.24, 2.45) is 0 Å². The molecular weight excluding hydrogens is 302 g/mol. The molecule has 0 aromatic heterocycles. The van der Waals surface area contributed by atoms with Crippen molar-refractivity contribution >= 4 is 37.6 Å². The Morgan fingerprint density at radius 3 is 2.40 bits per heavy atom. The molecule has 1 N–H and O–H groups in total. The minimum atomic E-state index is -3.23. The lowest BCUT2D eigenvalue weighted by Crippen LogP contribution is -2.26. The Balaban J connectivity index is 2.54. The molecule has 0 fully saturated rings. The first kappa shape index (κ1) is 13.0. The Bertz CT molecular complexity index is 405. The molecule has 0 spiro atoms. The average molecular weight is 313 g/mol. The standard InChI is InChI=1S/C9H11BrClNO2S/c10-9-3-1-8(2-4-9)7-12-15(13,14)6-5-11/h1-4,12H,5-7H2. The number of hydrogen-bond acceptors (Lipinski definition) is 2. The van der Waals surface area contributed by atoms with Gasteiger partial charge < -0.3 is 0 Å². The number of rotatable bonds is 5. The van der Waals surface area contributed by atoms with E-state index < -0.39 is 10.0 Å². The number of halogens is 2. The van der Waals surface area contributed by atoms with Crippen molar-refractivity contribution in [3.8, 4) is 0 Å². The number of nitrogens with one attached hydrogen (secondary N) is 1. The molecule has 0 aliphatic rings. The van der Waals surface area contributed by atoms with Crippen LogP contribution in [0.4, 0.5) is 0 Å². The monoisotopic (exact) mass is 311 g/mol. The van der Waals surface area contributed by atoms with Crippen LogP contribution in [0.25, 0.3) is 0 Å². The summed E-state index contributed by atoms with van der Waals surface area (Å²) in [5.41, 5.74) is 0.913. The molecule has 3 nitrogen and oxygen atoms in total. The zero-order valence-electron chi connectivity index (χ0n) is 7.91. The summed E-state index contributed by atoms with van der Waals surface area (Å²) < 4.78 is 26.0. The minimum absolute atomic E-state index is 0.0505. The van der Waals surface area contributed by atoms with E-state index in [9.17, 15) is 8.42 Å². The highest BCUT2D eigenvalue weighted by Crippen LogP contribution is 2.10. The van der Waals surface area contributed by atoms with Crippen LogP contribution in [0.2, 0.25) is 0 Å². The first-order valence-electron chi connectivity index (χ1n) is 4.31. The van der Waals surface area contributed by atoms with Crippen LogP contribution in [0, 0.1) is 0 Å². The highest BCUT2D eigenvalue weighted by Gasteiger charge is 2.07. The Morgan fingerprint density at radius 1 is 1.27 bits per heavy atom. The van der Waals surface area contributed by atoms with Crippen molar-refractivity contribution in [1.29, 1.82) is 0 Å². The lowest BCUT2D eigenvalue weighted by molar-refractivity contribution is 0.583. The van der Waals surface area contributed by atoms with E-state index >= 15 is 0 Å². The van der Waals surface area contributed by atoms with Crippen LogP contribution in [-0.4, -0.2) is 20.1 Å². The third-order valence-electron chi connectivity index (χ3n) is 1.76. The van der Waals surface area contributed by atoms with Gasteiger partial charge in [-0.15, -0.1) is 11.6 Å². The van der Waals surface area contributed by atoms with Crippen LogP contribution in [0.15, 0.2) is 28.7 Å². The van der Waals surface area contributed by atoms with Crippen molar-refractivity contribution in [3.63, 3.8) is 0 Å². The molecule has 0 atom stereocenters. The lowest BCUT2D eigenvalue weighted by Gasteiger charge is -2.05. The van der Waals surface area contributed by atoms with Gasteiger partial charge in [-0.3, -0.25) is 0 Å². The summed E-state index contributed by atoms with van der Waals surface area (Å²) in [6, 6.07) is 7.44. The van der Waals surface area contributed by atoms with Crippen molar-refractivity contribution in [2.75, 3.05) is 11.6 Å². The molecule has 0 saturated carbocycles. The predicted molar refractivity (Wildman–Crippen MR) is 65.5 cm³/mol. The molecule has 0 radical (unpaired) electrons. The van der Waals surface area contributed by atoms with E-state index in [0.717, 1.165) is 10.0 Å². The fourth-order valence-corrected chi connectivity index (χ4v) is 2.58. The molecule has 0 saturated heterocycles. The van der Waals surface area contributed by atoms with E-state index in [-0.39, 0.29) is 11.6 Å². The zero-order valence-corrected chi connectivity index (χ0v) is 11.1. The molecule has 6 heteroatoms. The number of alkyl halides is 1. The van der Waals surface area contributed by atoms with Gasteiger partial charge in [0, 0.05) is 16.9 Å². The van der Waals surface area contributed by atoms with E-state index in [1.807, 2.05) is 24.3 Å². The lowest BCUT2D eigenvalue weighted by atomic mass is 10.2. The first-order chi connectivity index (χ1) is 7.03. The largest absolute Gasteiger partial charge is 0.213 e. The molecule has 1 aromatic rings. The van der Waals surface area contributed by atoms with Gasteiger partial charge in [0.05, 0.1) is 5.75 Å². The van der Waals surface area contributed by atoms with Crippen LogP contribution in [0.3, 0.4) is 0 Å². The van der Waals surface area contributed by atoms with Gasteiger partial charge in [0.15, 0.2) is 0 Å². The van der Waals surface area contributed by atoms with Gasteiger partial charge in [-0.2, -0.15) is 0 Å². The van der Waals surface area contributed by atoms with Crippen LogP contribution >= 0.6 is 27.5 Å². The summed E-state index contributed by atoms with van der Waals surface area (Å²) in [5, 5.41) is 0. The summed E-state index contributed by atoms with van der Waals surface area (Å²) in [5.74, 6) is 0.0563. The maximum atomic E-state index is 11.3. The predicted octanol–water partition coefficient (Wildman–Crippen LogP) is 2.11. The number of hydrogen-bond donors (Lipinski definition) is 1. The fourth-order valence-electron chi connectivity index (χ4n) is 0.969. The Hall–Kier alpha value is -0.100. The molecule has 84 valence electrons. The molecule has 1 aromatic carbocycles. The molecule has 0 unspecified atom stereocenters. The SMILES string of the molecule is O=S(=O)(CCCl)NCc1ccc(Br)cc1. The second-order valence-corrected chi connectivity index (χ2v) is 6.18. The first-order valence-corrected chi connectivity index (χ1v) is 7.29. The molecule has 0 amide bonds. The number of sulfonamides is 1. The van der Waals surface area contributed by atoms with Crippen molar-refractivity contribution in [2.45, 2.75) is 6.54 Å². The van der Waals surface area contributed by atoms with Gasteiger partial charge in [-0.05, 0) is 17.7 Å². The quantitative estimate of drug-likeness (QED) is 0.847. The summed E-state index contributed by atoms with van der Waals surface area (Å²) in [7, 11) is -3.23. The van der Waals surface area contributed by atoms with Crippen LogP contribution in [0.5, 0.6) is 0 Å². The summed E-state index contributed by atoms with van der Waals surface area (Å²) in [6.45, 7) is 0.298. The minimum Gasteiger partial charge on any atom is -0.212 e. The molecule has 1 rings (SSSR count). The second-order valence-electron chi connectivity index (χ2n) is 2.96. The summed E-state index contributed by atoms with van der Waals surface area (Å²) >= 11 is 8.67. The maximum absolute atomic E-state index is 11.3. The van der Waals surface area contributed by atoms with Gasteiger partial charge in [0.2, 0.25) is 10.0 Å². The van der Waals surface area contributed by atoms with Gasteiger partial charge in [0.1, 0.15) is 0 Å². The van der Waals surface area contributed by atoms with Gasteiger partial charge in [-0.25, -0.2) is 13.1 Å². The van der Waals surface area contributed by atoms with Crippen molar-refractivity contribution < 1.29 is 8.42 Å². The van der Waals surface area contributed by atoms with E-state index in [1.165, 1.54) is 0 Å². The highest BCUT2D eigenvalue weighted by molar-refractivity contribution is 9.10. The third-order valence-corrected chi connectivity index (χ3v) is 4.02. The highest BCUT2D eigenvalue weighted by atomic mass is 79.9. The Labute approximate surface area is 103 Å². The normalized spacial score (nSPS) is 11.6. The van der Waals surface area contributed by atoms with E-state index in [0.29, 0.717) is 6.54 Å². The zero-order chi connectivity index (χ0) is 11.3. The summed E-state index contributed by atoms with van der Waals surface area (Å²) in [4.78, 5) is 0. The van der Waals surface area contributed by atoms with Crippen LogP contribution < -0.4 is 4.72 Å². The van der Waals surface area contributed by atoms with Crippen molar-refractivity contribution in [3.05, 3.63) is 34.3 Å². The van der Waals surface area contributed by atoms with E-state index in [1.54, 1.807) is 0 Å². The fraction of sp³-hybridized carbons (Fsp3) is 0.333. The smallest absolute Gasteiger partial charge is 0.212 e. The summed E-state index contributed by atoms with van der Waals surface area (Å²) in [6.07, 6.45) is 0. The Morgan fingerprint density at radius 2 is 1.87 bits per heavy atom. The molecule has 0 bridgehead atoms. The molecule has 0 aliphatic heterocycles. The average Bonchev–Trinajstić information content (AvgIpc) is 2.17. The van der Waals surface area contributed by atoms with Gasteiger partial charge >= 0.3 is 0 Å². The van der Waals surface area contributed by atoms with Gasteiger partial charge in [0.25, 0.3) is 0 Å². The van der Waals surface area contributed by atoms with Crippen LogP contribution in [0.1, 0.15) is 5.56 Å². The van der Waals surface area contributed by atoms with E-state index in [2.05, 4.69) is 20.7 Å². The Kier molecular flexibility index (Phi) is 5.05. The molecule has 15 heavy (non-hydrogen) atoms. The maximum Gasteiger partial charge on any atom is 0.213 e. The third kappa shape index (κ3) is 4.97. The van der Waals surface area contributed by atoms with E-state index in [4.69, 9.17) is 11.6 Å². The molecular formula is C9H11BrClNO2S. The number of benzene rings is 1. The van der Waals surface area contributed by atoms with Crippen molar-refractivity contribution in [1.82, 2.24) is 4.72 Å². The topological polar surface area (TPSA) is 46.2 Å². The molecule has 0 aliphatic carbocycles. The van der Waals surface area contributed by atoms with Crippen LogP contribution in [-0.2, 0) is 16.6 Å². The van der Waals surface area contributed by atoms with Gasteiger partial charge in [-0.1, -0.05) is 28.1 Å². The molecule has 0 heterocycles. The second kappa shape index (κ2) is 5.84.